The van der Waals surface area contributed by atoms with Gasteiger partial charge in [-0.15, -0.1) is 0 Å². The molecule has 1 unspecified atom stereocenters. The van der Waals surface area contributed by atoms with Gasteiger partial charge in [-0.2, -0.15) is 0 Å². The molecule has 3 rings (SSSR count). The lowest BCUT2D eigenvalue weighted by Gasteiger charge is -2.36. The normalized spacial score (nSPS) is 21.3. The fourth-order valence-electron chi connectivity index (χ4n) is 3.13. The van der Waals surface area contributed by atoms with Gasteiger partial charge in [0.15, 0.2) is 0 Å². The van der Waals surface area contributed by atoms with Crippen LogP contribution in [-0.4, -0.2) is 42.6 Å². The topological polar surface area (TPSA) is 44.4 Å². The number of nitrogens with zero attached hydrogens (tertiary/aromatic N) is 1. The molecule has 1 aromatic rings. The van der Waals surface area contributed by atoms with Crippen molar-refractivity contribution in [1.29, 1.82) is 0 Å². The predicted molar refractivity (Wildman–Crippen MR) is 88.9 cm³/mol. The fraction of sp³-hybridized carbons (Fsp3) is 0.611. The van der Waals surface area contributed by atoms with Gasteiger partial charge in [-0.3, -0.25) is 0 Å². The van der Waals surface area contributed by atoms with Gasteiger partial charge in [-0.05, 0) is 49.8 Å². The molecule has 1 atom stereocenters. The van der Waals surface area contributed by atoms with Crippen molar-refractivity contribution in [2.24, 2.45) is 0 Å². The summed E-state index contributed by atoms with van der Waals surface area (Å²) in [5.74, 6) is -0.181. The van der Waals surface area contributed by atoms with Gasteiger partial charge in [-0.1, -0.05) is 18.6 Å². The number of nitrogens with one attached hydrogen (secondary N) is 2. The number of amides is 2. The van der Waals surface area contributed by atoms with Gasteiger partial charge >= 0.3 is 6.03 Å². The standard InChI is InChI=1S/C18H26FN3O/c19-15-7-5-14(6-8-15)3-1-2-4-17-13-20-11-12-22(17)18(23)21-16-9-10-16/h5-8,16-17,20H,1-4,9-13H2,(H,21,23). The molecule has 23 heavy (non-hydrogen) atoms. The first-order chi connectivity index (χ1) is 11.2. The molecule has 0 spiro atoms. The van der Waals surface area contributed by atoms with Crippen molar-refractivity contribution in [3.63, 3.8) is 0 Å². The molecule has 4 nitrogen and oxygen atoms in total. The summed E-state index contributed by atoms with van der Waals surface area (Å²) in [6.45, 7) is 2.56. The van der Waals surface area contributed by atoms with E-state index in [2.05, 4.69) is 10.6 Å². The number of piperazine rings is 1. The number of halogens is 1. The second-order valence-electron chi connectivity index (χ2n) is 6.65. The second kappa shape index (κ2) is 7.77. The molecule has 1 aromatic carbocycles. The van der Waals surface area contributed by atoms with Crippen LogP contribution >= 0.6 is 0 Å². The smallest absolute Gasteiger partial charge is 0.317 e. The zero-order valence-electron chi connectivity index (χ0n) is 13.6. The minimum atomic E-state index is -0.181. The first kappa shape index (κ1) is 16.2. The van der Waals surface area contributed by atoms with Crippen LogP contribution in [0.3, 0.4) is 0 Å². The third kappa shape index (κ3) is 4.93. The highest BCUT2D eigenvalue weighted by Crippen LogP contribution is 2.20. The van der Waals surface area contributed by atoms with Gasteiger partial charge in [0, 0.05) is 31.7 Å². The first-order valence-corrected chi connectivity index (χ1v) is 8.74. The molecule has 2 aliphatic rings. The number of hydrogen-bond acceptors (Lipinski definition) is 2. The van der Waals surface area contributed by atoms with Gasteiger partial charge in [0.05, 0.1) is 0 Å². The van der Waals surface area contributed by atoms with E-state index < -0.39 is 0 Å². The van der Waals surface area contributed by atoms with Gasteiger partial charge in [0.1, 0.15) is 5.82 Å². The molecule has 1 saturated carbocycles. The van der Waals surface area contributed by atoms with Crippen molar-refractivity contribution >= 4 is 6.03 Å². The third-order valence-electron chi connectivity index (χ3n) is 4.68. The fourth-order valence-corrected chi connectivity index (χ4v) is 3.13. The highest BCUT2D eigenvalue weighted by atomic mass is 19.1. The molecule has 2 N–H and O–H groups in total. The number of carbonyl (C=O) groups excluding carboxylic acids is 1. The Morgan fingerprint density at radius 2 is 2.04 bits per heavy atom. The predicted octanol–water partition coefficient (Wildman–Crippen LogP) is 2.68. The zero-order valence-corrected chi connectivity index (χ0v) is 13.6. The Hall–Kier alpha value is -1.62. The lowest BCUT2D eigenvalue weighted by molar-refractivity contribution is 0.152. The molecule has 0 aromatic heterocycles. The average Bonchev–Trinajstić information content (AvgIpc) is 3.37. The summed E-state index contributed by atoms with van der Waals surface area (Å²) < 4.78 is 12.9. The highest BCUT2D eigenvalue weighted by molar-refractivity contribution is 5.75. The molecular weight excluding hydrogens is 293 g/mol. The number of rotatable bonds is 6. The van der Waals surface area contributed by atoms with E-state index >= 15 is 0 Å². The zero-order chi connectivity index (χ0) is 16.1. The number of hydrogen-bond donors (Lipinski definition) is 2. The van der Waals surface area contributed by atoms with Crippen molar-refractivity contribution in [2.45, 2.75) is 50.6 Å². The Morgan fingerprint density at radius 1 is 1.26 bits per heavy atom. The van der Waals surface area contributed by atoms with Crippen LogP contribution in [0, 0.1) is 5.82 Å². The molecule has 126 valence electrons. The number of benzene rings is 1. The lowest BCUT2D eigenvalue weighted by Crippen LogP contribution is -2.56. The molecular formula is C18H26FN3O. The highest BCUT2D eigenvalue weighted by Gasteiger charge is 2.30. The Bertz CT molecular complexity index is 516. The molecule has 1 aliphatic heterocycles. The van der Waals surface area contributed by atoms with Crippen LogP contribution in [-0.2, 0) is 6.42 Å². The molecule has 5 heteroatoms. The molecule has 1 heterocycles. The van der Waals surface area contributed by atoms with Gasteiger partial charge in [-0.25, -0.2) is 9.18 Å². The quantitative estimate of drug-likeness (QED) is 0.792. The van der Waals surface area contributed by atoms with Crippen molar-refractivity contribution in [3.05, 3.63) is 35.6 Å². The molecule has 2 fully saturated rings. The SMILES string of the molecule is O=C(NC1CC1)N1CCNCC1CCCCc1ccc(F)cc1. The van der Waals surface area contributed by atoms with Crippen LogP contribution in [0.5, 0.6) is 0 Å². The van der Waals surface area contributed by atoms with E-state index in [4.69, 9.17) is 0 Å². The Balaban J connectivity index is 1.41. The molecule has 1 saturated heterocycles. The van der Waals surface area contributed by atoms with Gasteiger partial charge < -0.3 is 15.5 Å². The molecule has 1 aliphatic carbocycles. The van der Waals surface area contributed by atoms with Crippen molar-refractivity contribution < 1.29 is 9.18 Å². The van der Waals surface area contributed by atoms with Crippen molar-refractivity contribution in [3.8, 4) is 0 Å². The van der Waals surface area contributed by atoms with E-state index in [1.807, 2.05) is 17.0 Å². The molecule has 0 radical (unpaired) electrons. The van der Waals surface area contributed by atoms with E-state index in [-0.39, 0.29) is 17.9 Å². The third-order valence-corrected chi connectivity index (χ3v) is 4.68. The lowest BCUT2D eigenvalue weighted by atomic mass is 10.0. The van der Waals surface area contributed by atoms with Gasteiger partial charge in [0.2, 0.25) is 0 Å². The van der Waals surface area contributed by atoms with Crippen LogP contribution < -0.4 is 10.6 Å². The van der Waals surface area contributed by atoms with Crippen LogP contribution in [0.1, 0.15) is 37.7 Å². The summed E-state index contributed by atoms with van der Waals surface area (Å²) in [7, 11) is 0. The van der Waals surface area contributed by atoms with E-state index in [1.54, 1.807) is 0 Å². The first-order valence-electron chi connectivity index (χ1n) is 8.74. The summed E-state index contributed by atoms with van der Waals surface area (Å²) in [4.78, 5) is 14.3. The monoisotopic (exact) mass is 319 g/mol. The summed E-state index contributed by atoms with van der Waals surface area (Å²) in [6, 6.07) is 7.55. The minimum absolute atomic E-state index is 0.109. The minimum Gasteiger partial charge on any atom is -0.335 e. The average molecular weight is 319 g/mol. The van der Waals surface area contributed by atoms with E-state index in [1.165, 1.54) is 17.7 Å². The maximum absolute atomic E-state index is 12.9. The Labute approximate surface area is 137 Å². The largest absolute Gasteiger partial charge is 0.335 e. The maximum atomic E-state index is 12.9. The van der Waals surface area contributed by atoms with Crippen molar-refractivity contribution in [2.75, 3.05) is 19.6 Å². The summed E-state index contributed by atoms with van der Waals surface area (Å²) >= 11 is 0. The van der Waals surface area contributed by atoms with Gasteiger partial charge in [0.25, 0.3) is 0 Å². The summed E-state index contributed by atoms with van der Waals surface area (Å²) in [5.41, 5.74) is 1.18. The van der Waals surface area contributed by atoms with E-state index in [9.17, 15) is 9.18 Å². The second-order valence-corrected chi connectivity index (χ2v) is 6.65. The van der Waals surface area contributed by atoms with Crippen LogP contribution in [0.4, 0.5) is 9.18 Å². The number of unbranched alkanes of at least 4 members (excludes halogenated alkanes) is 1. The number of urea groups is 1. The van der Waals surface area contributed by atoms with Crippen LogP contribution in [0.25, 0.3) is 0 Å². The van der Waals surface area contributed by atoms with E-state index in [0.29, 0.717) is 6.04 Å². The van der Waals surface area contributed by atoms with E-state index in [0.717, 1.165) is 58.2 Å². The van der Waals surface area contributed by atoms with Crippen molar-refractivity contribution in [1.82, 2.24) is 15.5 Å². The number of carbonyl (C=O) groups is 1. The van der Waals surface area contributed by atoms with Crippen LogP contribution in [0.15, 0.2) is 24.3 Å². The summed E-state index contributed by atoms with van der Waals surface area (Å²) in [5, 5.41) is 6.49. The van der Waals surface area contributed by atoms with Crippen LogP contribution in [0.2, 0.25) is 0 Å². The Kier molecular flexibility index (Phi) is 5.49. The maximum Gasteiger partial charge on any atom is 0.317 e. The summed E-state index contributed by atoms with van der Waals surface area (Å²) in [6.07, 6.45) is 6.39. The molecule has 2 amide bonds. The molecule has 0 bridgehead atoms. The Morgan fingerprint density at radius 3 is 2.78 bits per heavy atom. The number of aryl methyl sites for hydroxylation is 1.